The number of aliphatic imine (C=N–C) groups is 1. The van der Waals surface area contributed by atoms with E-state index >= 15 is 0 Å². The molecule has 6 rings (SSSR count). The van der Waals surface area contributed by atoms with Gasteiger partial charge in [-0.05, 0) is 132 Å². The van der Waals surface area contributed by atoms with Gasteiger partial charge in [-0.25, -0.2) is 4.79 Å². The van der Waals surface area contributed by atoms with Gasteiger partial charge in [0.05, 0.1) is 29.4 Å². The summed E-state index contributed by atoms with van der Waals surface area (Å²) in [4.78, 5) is 181. The average molecular weight is 1460 g/mol. The second-order valence-corrected chi connectivity index (χ2v) is 26.0. The first-order valence-electron chi connectivity index (χ1n) is 34.7. The number of rotatable bonds is 42. The number of likely N-dealkylation sites (tertiary alicyclic amines) is 1. The van der Waals surface area contributed by atoms with Crippen molar-refractivity contribution in [2.45, 2.75) is 172 Å². The molecule has 2 heterocycles. The number of nitrogens with zero attached hydrogens (tertiary/aromatic N) is 4. The van der Waals surface area contributed by atoms with Crippen LogP contribution in [0.25, 0.3) is 11.0 Å². The molecule has 34 heteroatoms. The molecule has 0 radical (unpaired) electrons. The lowest BCUT2D eigenvalue weighted by atomic mass is 10.00. The van der Waals surface area contributed by atoms with Gasteiger partial charge in [-0.15, -0.1) is 0 Å². The first-order valence-corrected chi connectivity index (χ1v) is 34.7. The van der Waals surface area contributed by atoms with Crippen LogP contribution in [0.4, 0.5) is 17.1 Å². The molecule has 0 unspecified atom stereocenters. The molecule has 0 bridgehead atoms. The van der Waals surface area contributed by atoms with Gasteiger partial charge in [0, 0.05) is 56.1 Å². The Morgan fingerprint density at radius 3 is 1.74 bits per heavy atom. The third-order valence-corrected chi connectivity index (χ3v) is 17.3. The second-order valence-electron chi connectivity index (χ2n) is 26.0. The van der Waals surface area contributed by atoms with E-state index in [1.807, 2.05) is 0 Å². The zero-order chi connectivity index (χ0) is 76.9. The van der Waals surface area contributed by atoms with E-state index < -0.39 is 140 Å². The van der Waals surface area contributed by atoms with Crippen molar-refractivity contribution >= 4 is 93.1 Å². The van der Waals surface area contributed by atoms with Gasteiger partial charge in [0.1, 0.15) is 71.4 Å². The molecule has 566 valence electrons. The average Bonchev–Trinajstić information content (AvgIpc) is 1.09. The van der Waals surface area contributed by atoms with Crippen LogP contribution in [0.3, 0.4) is 0 Å². The fourth-order valence-electron chi connectivity index (χ4n) is 11.9. The number of hydrogen-bond donors (Lipinski definition) is 13. The number of benzene rings is 4. The molecule has 4 aromatic carbocycles. The molecule has 1 aliphatic rings. The van der Waals surface area contributed by atoms with Crippen molar-refractivity contribution in [2.24, 2.45) is 33.8 Å². The number of carbonyl (C=O) groups excluding carboxylic acids is 10. The van der Waals surface area contributed by atoms with Gasteiger partial charge in [0.15, 0.2) is 5.96 Å². The summed E-state index contributed by atoms with van der Waals surface area (Å²) in [5, 5.41) is 47.9. The maximum atomic E-state index is 15.0. The summed E-state index contributed by atoms with van der Waals surface area (Å²) in [6.45, 7) is 6.95. The number of fused-ring (bicyclic) bond motifs is 1. The lowest BCUT2D eigenvalue weighted by Crippen LogP contribution is -2.61. The summed E-state index contributed by atoms with van der Waals surface area (Å²) in [7, 11) is 1.45. The summed E-state index contributed by atoms with van der Waals surface area (Å²) in [6.07, 6.45) is 1.47. The molecular weight excluding hydrogens is 1360 g/mol. The van der Waals surface area contributed by atoms with Crippen molar-refractivity contribution in [3.8, 4) is 5.75 Å². The Morgan fingerprint density at radius 2 is 1.17 bits per heavy atom. The monoisotopic (exact) mass is 1460 g/mol. The molecule has 1 aromatic heterocycles. The number of methoxy groups -OCH3 is 1. The molecule has 9 atom stereocenters. The minimum atomic E-state index is -1.45. The smallest absolute Gasteiger partial charge is 0.336 e. The molecule has 0 aliphatic carbocycles. The van der Waals surface area contributed by atoms with Crippen molar-refractivity contribution in [3.05, 3.63) is 150 Å². The van der Waals surface area contributed by atoms with E-state index in [9.17, 15) is 73.0 Å². The van der Waals surface area contributed by atoms with Crippen molar-refractivity contribution in [2.75, 3.05) is 38.6 Å². The van der Waals surface area contributed by atoms with Crippen LogP contribution in [0, 0.1) is 26.1 Å². The number of ether oxygens (including phenoxy) is 1. The molecule has 34 nitrogen and oxygen atoms in total. The Balaban J connectivity index is 1.15. The Hall–Kier alpha value is -11.6. The molecule has 0 spiro atoms. The van der Waals surface area contributed by atoms with Crippen LogP contribution < -0.4 is 81.1 Å². The van der Waals surface area contributed by atoms with Crippen molar-refractivity contribution < 1.29 is 66.9 Å². The van der Waals surface area contributed by atoms with E-state index in [0.717, 1.165) is 12.1 Å². The first-order chi connectivity index (χ1) is 50.0. The van der Waals surface area contributed by atoms with E-state index in [2.05, 4.69) is 52.8 Å². The SMILES string of the molecule is COc1ccc2c(CC(=O)N[C@@H](C)C(=O)N3CCC[C@H]3C(=O)N[C@@H](C)C(=O)N[C@@H](CCCCN)C(=O)N[C@@H](Cc3ccccc3)C(=O)N[C@@H](Cc3ccccc3)C(=O)N[C@@H](CCCN=C(N)N)C(=O)N[C@@H](CC(C)C)C(=O)N[C@@H](CCCCNc3ccc([N+](=O)[O-])cc3[N+](=O)[O-])C(N)=O)cc(=O)oc2c1. The molecule has 105 heavy (non-hydrogen) atoms. The van der Waals surface area contributed by atoms with Crippen LogP contribution in [0.15, 0.2) is 117 Å². The number of unbranched alkanes of at least 4 members (excludes halogenated alkanes) is 2. The fraction of sp³-hybridized carbons (Fsp3) is 0.465. The number of non-ortho nitro benzene ring substituents is 1. The Bertz CT molecular complexity index is 3970. The number of amides is 10. The summed E-state index contributed by atoms with van der Waals surface area (Å²) >= 11 is 0. The molecule has 0 saturated carbocycles. The fourth-order valence-corrected chi connectivity index (χ4v) is 11.9. The first kappa shape index (κ1) is 82.4. The van der Waals surface area contributed by atoms with Crippen molar-refractivity contribution in [1.29, 1.82) is 0 Å². The molecular formula is C71H95N17O17. The van der Waals surface area contributed by atoms with E-state index in [4.69, 9.17) is 32.1 Å². The number of guanidine groups is 1. The molecule has 1 saturated heterocycles. The Kier molecular flexibility index (Phi) is 32.1. The lowest BCUT2D eigenvalue weighted by Gasteiger charge is -2.29. The number of nitro benzene ring substituents is 2. The predicted molar refractivity (Wildman–Crippen MR) is 388 cm³/mol. The van der Waals surface area contributed by atoms with Crippen LogP contribution in [0.2, 0.25) is 0 Å². The zero-order valence-corrected chi connectivity index (χ0v) is 59.4. The number of primary amides is 1. The molecule has 10 amide bonds. The maximum absolute atomic E-state index is 15.0. The van der Waals surface area contributed by atoms with E-state index in [0.29, 0.717) is 53.5 Å². The number of carbonyl (C=O) groups is 10. The predicted octanol–water partition coefficient (Wildman–Crippen LogP) is 1.55. The Labute approximate surface area is 605 Å². The molecule has 1 fully saturated rings. The van der Waals surface area contributed by atoms with Crippen LogP contribution in [0.1, 0.15) is 115 Å². The van der Waals surface area contributed by atoms with Crippen LogP contribution in [-0.4, -0.2) is 167 Å². The van der Waals surface area contributed by atoms with Gasteiger partial charge < -0.3 is 84.8 Å². The van der Waals surface area contributed by atoms with Crippen molar-refractivity contribution in [1.82, 2.24) is 47.4 Å². The van der Waals surface area contributed by atoms with Crippen LogP contribution in [0.5, 0.6) is 5.75 Å². The van der Waals surface area contributed by atoms with Gasteiger partial charge in [-0.1, -0.05) is 74.5 Å². The minimum Gasteiger partial charge on any atom is -0.497 e. The number of nitro groups is 2. The van der Waals surface area contributed by atoms with Gasteiger partial charge >= 0.3 is 5.63 Å². The van der Waals surface area contributed by atoms with Gasteiger partial charge in [0.25, 0.3) is 11.4 Å². The van der Waals surface area contributed by atoms with Gasteiger partial charge in [-0.2, -0.15) is 0 Å². The molecule has 1 aliphatic heterocycles. The van der Waals surface area contributed by atoms with Crippen LogP contribution in [-0.2, 0) is 67.2 Å². The van der Waals surface area contributed by atoms with E-state index in [1.165, 1.54) is 44.1 Å². The summed E-state index contributed by atoms with van der Waals surface area (Å²) < 4.78 is 10.5. The highest BCUT2D eigenvalue weighted by Crippen LogP contribution is 2.29. The zero-order valence-electron chi connectivity index (χ0n) is 59.4. The second kappa shape index (κ2) is 40.9. The largest absolute Gasteiger partial charge is 0.497 e. The standard InChI is InChI=1S/C71H95N17O17/c1-41(2)34-54(66(95)80-51(62(73)91)22-13-15-31-76-50-29-26-47(87(100)101)39-58(50)88(102)103)83-65(94)53(24-16-32-77-71(74)75)82-67(96)55(35-44-18-8-6-9-19-44)85-68(97)56(36-45-20-10-7-11-21-45)84-64(93)52(23-12-14-30-72)81-63(92)42(3)79-69(98)57-25-17-33-86(57)70(99)43(4)78-60(89)37-46-38-61(90)105-59-40-48(104-5)27-28-49(46)59/h6-11,18-21,26-29,38-43,51-57,76H,12-17,22-25,30-37,72H2,1-5H3,(H2,73,91)(H,78,89)(H,79,98)(H,80,95)(H,81,92)(H,82,96)(H,83,94)(H,84,93)(H,85,97)(H4,74,75,77)/t42-,43-,51-,52-,53-,54-,55-,56-,57-/m0/s1. The third kappa shape index (κ3) is 26.0. The lowest BCUT2D eigenvalue weighted by molar-refractivity contribution is -0.393. The van der Waals surface area contributed by atoms with Crippen LogP contribution >= 0.6 is 0 Å². The number of hydrogen-bond acceptors (Lipinski definition) is 20. The minimum absolute atomic E-state index is 0.00598. The normalized spacial score (nSPS) is 14.8. The summed E-state index contributed by atoms with van der Waals surface area (Å²) in [6, 6.07) is 14.7. The highest BCUT2D eigenvalue weighted by Gasteiger charge is 2.39. The highest BCUT2D eigenvalue weighted by atomic mass is 16.6. The number of anilines is 1. The van der Waals surface area contributed by atoms with Gasteiger partial charge in [0.2, 0.25) is 59.1 Å². The topological polar surface area (TPSA) is 524 Å². The van der Waals surface area contributed by atoms with Crippen molar-refractivity contribution in [3.63, 3.8) is 0 Å². The Morgan fingerprint density at radius 1 is 0.619 bits per heavy atom. The number of nitrogens with two attached hydrogens (primary N) is 4. The van der Waals surface area contributed by atoms with E-state index in [1.54, 1.807) is 86.6 Å². The number of nitrogens with one attached hydrogen (secondary N) is 9. The summed E-state index contributed by atoms with van der Waals surface area (Å²) in [5.74, 6) is -7.72. The van der Waals surface area contributed by atoms with E-state index in [-0.39, 0.29) is 114 Å². The third-order valence-electron chi connectivity index (χ3n) is 17.3. The molecule has 17 N–H and O–H groups in total. The maximum Gasteiger partial charge on any atom is 0.336 e. The highest BCUT2D eigenvalue weighted by molar-refractivity contribution is 5.99. The quantitative estimate of drug-likeness (QED) is 0.00658. The molecule has 5 aromatic rings. The van der Waals surface area contributed by atoms with Gasteiger partial charge in [-0.3, -0.25) is 73.2 Å². The summed E-state index contributed by atoms with van der Waals surface area (Å²) in [5.41, 5.74) is 22.9.